The highest BCUT2D eigenvalue weighted by molar-refractivity contribution is 5.63. The maximum Gasteiger partial charge on any atom is 0.511 e. The van der Waals surface area contributed by atoms with Gasteiger partial charge in [-0.15, -0.1) is 0 Å². The molecule has 0 spiro atoms. The van der Waals surface area contributed by atoms with E-state index in [4.69, 9.17) is 9.84 Å². The van der Waals surface area contributed by atoms with E-state index < -0.39 is 6.16 Å². The van der Waals surface area contributed by atoms with E-state index in [9.17, 15) is 4.79 Å². The molecule has 0 aliphatic heterocycles. The average molecular weight is 363 g/mol. The summed E-state index contributed by atoms with van der Waals surface area (Å²) in [5, 5.41) is 9.12. The van der Waals surface area contributed by atoms with Crippen LogP contribution in [-0.2, 0) is 19.3 Å². The normalized spacial score (nSPS) is 10.9. The van der Waals surface area contributed by atoms with Crippen molar-refractivity contribution in [2.75, 3.05) is 0 Å². The molecule has 0 aliphatic carbocycles. The zero-order valence-corrected chi connectivity index (χ0v) is 17.1. The smallest absolute Gasteiger partial charge is 0.449 e. The molecule has 0 heterocycles. The highest BCUT2D eigenvalue weighted by atomic mass is 16.7. The number of benzene rings is 1. The Morgan fingerprint density at radius 2 is 1.31 bits per heavy atom. The van der Waals surface area contributed by atoms with E-state index in [1.54, 1.807) is 0 Å². The van der Waals surface area contributed by atoms with Gasteiger partial charge in [-0.25, -0.2) is 4.79 Å². The lowest BCUT2D eigenvalue weighted by molar-refractivity contribution is 0.144. The second-order valence-corrected chi connectivity index (χ2v) is 7.27. The van der Waals surface area contributed by atoms with Crippen LogP contribution in [0.5, 0.6) is 5.75 Å². The lowest BCUT2D eigenvalue weighted by Gasteiger charge is -2.18. The largest absolute Gasteiger partial charge is 0.511 e. The molecular weight excluding hydrogens is 324 g/mol. The van der Waals surface area contributed by atoms with E-state index in [2.05, 4.69) is 26.8 Å². The third-order valence-electron chi connectivity index (χ3n) is 5.04. The molecule has 1 aromatic rings. The second-order valence-electron chi connectivity index (χ2n) is 7.27. The van der Waals surface area contributed by atoms with E-state index in [1.165, 1.54) is 56.1 Å². The molecule has 0 aliphatic rings. The predicted octanol–water partition coefficient (Wildman–Crippen LogP) is 7.33. The van der Waals surface area contributed by atoms with Crippen molar-refractivity contribution in [1.29, 1.82) is 0 Å². The number of hydrogen-bond donors (Lipinski definition) is 1. The lowest BCUT2D eigenvalue weighted by atomic mass is 9.89. The predicted molar refractivity (Wildman–Crippen MR) is 109 cm³/mol. The molecular formula is C23H38O3. The van der Waals surface area contributed by atoms with Crippen molar-refractivity contribution in [3.8, 4) is 5.75 Å². The Balaban J connectivity index is 3.08. The highest BCUT2D eigenvalue weighted by Crippen LogP contribution is 2.30. The molecule has 26 heavy (non-hydrogen) atoms. The van der Waals surface area contributed by atoms with E-state index in [0.717, 1.165) is 44.1 Å². The second kappa shape index (κ2) is 13.7. The Labute approximate surface area is 160 Å². The van der Waals surface area contributed by atoms with Crippen molar-refractivity contribution >= 4 is 6.16 Å². The molecule has 0 saturated carbocycles. The molecule has 1 N–H and O–H groups in total. The van der Waals surface area contributed by atoms with Gasteiger partial charge < -0.3 is 9.84 Å². The number of unbranched alkanes of at least 4 members (excludes halogenated alkanes) is 7. The Hall–Kier alpha value is -1.51. The summed E-state index contributed by atoms with van der Waals surface area (Å²) in [4.78, 5) is 11.1. The van der Waals surface area contributed by atoms with Gasteiger partial charge in [-0.1, -0.05) is 71.8 Å². The maximum atomic E-state index is 11.1. The summed E-state index contributed by atoms with van der Waals surface area (Å²) >= 11 is 0. The van der Waals surface area contributed by atoms with Gasteiger partial charge in [-0.3, -0.25) is 0 Å². The Morgan fingerprint density at radius 1 is 0.769 bits per heavy atom. The van der Waals surface area contributed by atoms with E-state index in [1.807, 2.05) is 6.07 Å². The van der Waals surface area contributed by atoms with Crippen molar-refractivity contribution < 1.29 is 14.6 Å². The summed E-state index contributed by atoms with van der Waals surface area (Å²) in [6.07, 6.45) is 13.8. The van der Waals surface area contributed by atoms with Crippen molar-refractivity contribution in [2.45, 2.75) is 104 Å². The molecule has 0 unspecified atom stereocenters. The van der Waals surface area contributed by atoms with Crippen LogP contribution in [0.15, 0.2) is 12.1 Å². The Kier molecular flexibility index (Phi) is 11.8. The Morgan fingerprint density at radius 3 is 1.88 bits per heavy atom. The zero-order valence-electron chi connectivity index (χ0n) is 17.1. The van der Waals surface area contributed by atoms with Crippen LogP contribution in [0.3, 0.4) is 0 Å². The Bertz CT molecular complexity index is 522. The molecule has 148 valence electrons. The van der Waals surface area contributed by atoms with Crippen molar-refractivity contribution in [2.24, 2.45) is 0 Å². The quantitative estimate of drug-likeness (QED) is 0.214. The van der Waals surface area contributed by atoms with Crippen molar-refractivity contribution in [1.82, 2.24) is 0 Å². The van der Waals surface area contributed by atoms with Gasteiger partial charge in [-0.2, -0.15) is 0 Å². The number of rotatable bonds is 14. The summed E-state index contributed by atoms with van der Waals surface area (Å²) < 4.78 is 5.14. The van der Waals surface area contributed by atoms with Gasteiger partial charge in [0.2, 0.25) is 0 Å². The monoisotopic (exact) mass is 362 g/mol. The highest BCUT2D eigenvalue weighted by Gasteiger charge is 2.16. The first-order valence-corrected chi connectivity index (χ1v) is 10.7. The molecule has 0 fully saturated rings. The van der Waals surface area contributed by atoms with Crippen LogP contribution in [0.1, 0.15) is 102 Å². The number of aryl methyl sites for hydroxylation is 1. The minimum atomic E-state index is -1.21. The lowest BCUT2D eigenvalue weighted by Crippen LogP contribution is -2.09. The molecule has 0 radical (unpaired) electrons. The summed E-state index contributed by atoms with van der Waals surface area (Å²) in [5.74, 6) is 0.553. The van der Waals surface area contributed by atoms with Gasteiger partial charge in [0.1, 0.15) is 5.75 Å². The summed E-state index contributed by atoms with van der Waals surface area (Å²) in [7, 11) is 0. The van der Waals surface area contributed by atoms with Gasteiger partial charge in [0.25, 0.3) is 0 Å². The first-order chi connectivity index (χ1) is 12.6. The van der Waals surface area contributed by atoms with Crippen LogP contribution in [0, 0.1) is 0 Å². The molecule has 1 rings (SSSR count). The zero-order chi connectivity index (χ0) is 19.2. The van der Waals surface area contributed by atoms with Gasteiger partial charge in [0.05, 0.1) is 0 Å². The first-order valence-electron chi connectivity index (χ1n) is 10.7. The summed E-state index contributed by atoms with van der Waals surface area (Å²) in [5.41, 5.74) is 3.91. The van der Waals surface area contributed by atoms with Gasteiger partial charge in [-0.05, 0) is 61.3 Å². The number of hydrogen-bond acceptors (Lipinski definition) is 2. The number of carbonyl (C=O) groups is 1. The fourth-order valence-corrected chi connectivity index (χ4v) is 3.58. The molecule has 1 aromatic carbocycles. The SMILES string of the molecule is CCCCCCc1ccc(OC(=O)O)c(CCCCC)c1CCCCC. The third-order valence-corrected chi connectivity index (χ3v) is 5.04. The molecule has 0 saturated heterocycles. The van der Waals surface area contributed by atoms with Gasteiger partial charge in [0.15, 0.2) is 0 Å². The molecule has 3 nitrogen and oxygen atoms in total. The van der Waals surface area contributed by atoms with Crippen molar-refractivity contribution in [3.63, 3.8) is 0 Å². The average Bonchev–Trinajstić information content (AvgIpc) is 2.61. The van der Waals surface area contributed by atoms with Gasteiger partial charge >= 0.3 is 6.16 Å². The molecule has 0 amide bonds. The molecule has 0 bridgehead atoms. The van der Waals surface area contributed by atoms with Crippen LogP contribution < -0.4 is 4.74 Å². The standard InChI is InChI=1S/C23H38O3/c1-4-7-10-13-14-19-17-18-22(26-23(24)25)21(16-12-9-6-3)20(19)15-11-8-5-2/h17-18H,4-16H2,1-3H3,(H,24,25). The van der Waals surface area contributed by atoms with Crippen LogP contribution in [0.4, 0.5) is 4.79 Å². The number of carboxylic acid groups (broad SMARTS) is 1. The van der Waals surface area contributed by atoms with Crippen molar-refractivity contribution in [3.05, 3.63) is 28.8 Å². The minimum Gasteiger partial charge on any atom is -0.449 e. The summed E-state index contributed by atoms with van der Waals surface area (Å²) in [6.45, 7) is 6.65. The molecule has 3 heteroatoms. The van der Waals surface area contributed by atoms with E-state index in [-0.39, 0.29) is 0 Å². The summed E-state index contributed by atoms with van der Waals surface area (Å²) in [6, 6.07) is 3.99. The fraction of sp³-hybridized carbons (Fsp3) is 0.696. The van der Waals surface area contributed by atoms with Gasteiger partial charge in [0, 0.05) is 0 Å². The molecule has 0 atom stereocenters. The topological polar surface area (TPSA) is 46.5 Å². The maximum absolute atomic E-state index is 11.1. The van der Waals surface area contributed by atoms with E-state index >= 15 is 0 Å². The fourth-order valence-electron chi connectivity index (χ4n) is 3.58. The van der Waals surface area contributed by atoms with Crippen LogP contribution in [-0.4, -0.2) is 11.3 Å². The van der Waals surface area contributed by atoms with Crippen LogP contribution in [0.25, 0.3) is 0 Å². The van der Waals surface area contributed by atoms with E-state index in [0.29, 0.717) is 5.75 Å². The van der Waals surface area contributed by atoms with Crippen LogP contribution >= 0.6 is 0 Å². The molecule has 0 aromatic heterocycles. The third kappa shape index (κ3) is 8.25. The van der Waals surface area contributed by atoms with Crippen LogP contribution in [0.2, 0.25) is 0 Å². The number of ether oxygens (including phenoxy) is 1. The minimum absolute atomic E-state index is 0.553. The first kappa shape index (κ1) is 22.5.